The summed E-state index contributed by atoms with van der Waals surface area (Å²) in [5, 5.41) is 5.99. The number of allylic oxidation sites excluding steroid dienone is 2. The molecule has 1 unspecified atom stereocenters. The van der Waals surface area contributed by atoms with E-state index in [4.69, 9.17) is 14.2 Å². The average Bonchev–Trinajstić information content (AvgIpc) is 3.69. The molecular weight excluding hydrogens is 600 g/mol. The summed E-state index contributed by atoms with van der Waals surface area (Å²) in [5.74, 6) is -1.07. The lowest BCUT2D eigenvalue weighted by Crippen LogP contribution is -2.24. The molecule has 5 heterocycles. The molecule has 0 saturated heterocycles. The lowest BCUT2D eigenvalue weighted by Gasteiger charge is -2.14. The number of hydrogen-bond donors (Lipinski definition) is 4. The zero-order chi connectivity index (χ0) is 34.0. The van der Waals surface area contributed by atoms with Crippen LogP contribution in [0.2, 0.25) is 0 Å². The predicted octanol–water partition coefficient (Wildman–Crippen LogP) is 4.31. The van der Waals surface area contributed by atoms with Crippen molar-refractivity contribution in [3.63, 3.8) is 0 Å². The van der Waals surface area contributed by atoms with E-state index in [1.807, 2.05) is 45.9 Å². The number of H-pyrrole nitrogens is 2. The fourth-order valence-corrected chi connectivity index (χ4v) is 6.55. The SMILES string of the molecule is COC(=O)CCc1c2[nH]c(c1C)/C=C1\NC(=O)C(=C1C)/C=C\CC(OC)C1=C(C)/C(=C/c3[nH]c(c(CCC(=O)OC)c3C)C2)NC1=O. The second kappa shape index (κ2) is 13.8. The highest BCUT2D eigenvalue weighted by molar-refractivity contribution is 6.04. The number of esters is 2. The van der Waals surface area contributed by atoms with Gasteiger partial charge in [-0.15, -0.1) is 0 Å². The van der Waals surface area contributed by atoms with Gasteiger partial charge in [0, 0.05) is 66.1 Å². The van der Waals surface area contributed by atoms with Gasteiger partial charge >= 0.3 is 11.9 Å². The molecule has 0 aliphatic carbocycles. The van der Waals surface area contributed by atoms with Gasteiger partial charge in [-0.1, -0.05) is 12.2 Å². The minimum atomic E-state index is -0.515. The molecule has 11 nitrogen and oxygen atoms in total. The van der Waals surface area contributed by atoms with Crippen LogP contribution in [0.1, 0.15) is 78.1 Å². The van der Waals surface area contributed by atoms with Gasteiger partial charge in [0.15, 0.2) is 0 Å². The van der Waals surface area contributed by atoms with Crippen molar-refractivity contribution in [1.29, 1.82) is 0 Å². The molecular formula is C36H42N4O7. The summed E-state index contributed by atoms with van der Waals surface area (Å²) in [5.41, 5.74) is 11.2. The van der Waals surface area contributed by atoms with E-state index < -0.39 is 6.10 Å². The number of carbonyl (C=O) groups is 4. The van der Waals surface area contributed by atoms with Crippen molar-refractivity contribution in [2.24, 2.45) is 0 Å². The van der Waals surface area contributed by atoms with Crippen molar-refractivity contribution < 1.29 is 33.4 Å². The molecule has 2 aromatic rings. The standard InChI is InChI=1S/C36H42N4O7/c1-18-22(11-13-32(41)46-6)29-17-30-23(12-14-33(42)47-7)19(2)26(38-30)16-28-21(4)34(36(44)40-28)31(45-5)10-8-9-24-20(3)27(39-35(24)43)15-25(18)37-29/h8-9,15-16,31,37-38H,10-14,17H2,1-7H3,(H,39,43)(H,40,44)/b9-8-,27-15-,28-16-. The van der Waals surface area contributed by atoms with Crippen LogP contribution < -0.4 is 10.6 Å². The smallest absolute Gasteiger partial charge is 0.305 e. The largest absolute Gasteiger partial charge is 0.469 e. The Hall–Kier alpha value is -4.90. The molecule has 4 N–H and O–H groups in total. The monoisotopic (exact) mass is 642 g/mol. The van der Waals surface area contributed by atoms with Crippen LogP contribution in [-0.4, -0.2) is 61.2 Å². The van der Waals surface area contributed by atoms with Crippen molar-refractivity contribution in [3.8, 4) is 0 Å². The maximum absolute atomic E-state index is 13.2. The summed E-state index contributed by atoms with van der Waals surface area (Å²) in [6, 6.07) is 0. The molecule has 11 heteroatoms. The quantitative estimate of drug-likeness (QED) is 0.329. The third-order valence-corrected chi connectivity index (χ3v) is 9.40. The molecule has 1 atom stereocenters. The van der Waals surface area contributed by atoms with Crippen molar-refractivity contribution >= 4 is 35.9 Å². The van der Waals surface area contributed by atoms with E-state index in [0.717, 1.165) is 56.2 Å². The third-order valence-electron chi connectivity index (χ3n) is 9.40. The van der Waals surface area contributed by atoms with Crippen LogP contribution in [0.3, 0.4) is 0 Å². The number of aromatic amines is 2. The first-order chi connectivity index (χ1) is 22.5. The molecule has 47 heavy (non-hydrogen) atoms. The van der Waals surface area contributed by atoms with Crippen LogP contribution in [0.4, 0.5) is 0 Å². The Kier molecular flexibility index (Phi) is 9.85. The van der Waals surface area contributed by atoms with E-state index in [2.05, 4.69) is 20.6 Å². The highest BCUT2D eigenvalue weighted by atomic mass is 16.5. The lowest BCUT2D eigenvalue weighted by molar-refractivity contribution is -0.141. The van der Waals surface area contributed by atoms with Crippen LogP contribution >= 0.6 is 0 Å². The Morgan fingerprint density at radius 2 is 1.28 bits per heavy atom. The van der Waals surface area contributed by atoms with E-state index in [-0.39, 0.29) is 36.6 Å². The summed E-state index contributed by atoms with van der Waals surface area (Å²) < 4.78 is 15.6. The van der Waals surface area contributed by atoms with Crippen LogP contribution in [0.5, 0.6) is 0 Å². The summed E-state index contributed by atoms with van der Waals surface area (Å²) in [7, 11) is 4.32. The van der Waals surface area contributed by atoms with Crippen molar-refractivity contribution in [3.05, 3.63) is 90.9 Å². The molecule has 5 rings (SSSR count). The van der Waals surface area contributed by atoms with Gasteiger partial charge in [-0.05, 0) is 92.5 Å². The summed E-state index contributed by atoms with van der Waals surface area (Å²) in [6.07, 6.45) is 9.11. The number of carbonyl (C=O) groups excluding carboxylic acids is 4. The molecule has 8 bridgehead atoms. The molecule has 3 aliphatic rings. The third kappa shape index (κ3) is 6.66. The van der Waals surface area contributed by atoms with Crippen molar-refractivity contribution in [1.82, 2.24) is 20.6 Å². The molecule has 0 aromatic carbocycles. The maximum Gasteiger partial charge on any atom is 0.305 e. The number of aromatic nitrogens is 2. The first kappa shape index (κ1) is 33.5. The number of methoxy groups -OCH3 is 3. The van der Waals surface area contributed by atoms with Gasteiger partial charge in [-0.2, -0.15) is 0 Å². The topological polar surface area (TPSA) is 152 Å². The van der Waals surface area contributed by atoms with Gasteiger partial charge in [-0.3, -0.25) is 19.2 Å². The number of nitrogens with one attached hydrogen (secondary N) is 4. The van der Waals surface area contributed by atoms with Crippen LogP contribution in [0.15, 0.2) is 45.8 Å². The molecule has 2 amide bonds. The molecule has 2 aromatic heterocycles. The Morgan fingerprint density at radius 1 is 0.766 bits per heavy atom. The highest BCUT2D eigenvalue weighted by Crippen LogP contribution is 2.33. The minimum Gasteiger partial charge on any atom is -0.469 e. The Balaban J connectivity index is 1.71. The average molecular weight is 643 g/mol. The Bertz CT molecular complexity index is 1810. The number of amides is 2. The fourth-order valence-electron chi connectivity index (χ4n) is 6.55. The van der Waals surface area contributed by atoms with Crippen LogP contribution in [0.25, 0.3) is 12.2 Å². The summed E-state index contributed by atoms with van der Waals surface area (Å²) in [4.78, 5) is 57.8. The molecule has 248 valence electrons. The summed E-state index contributed by atoms with van der Waals surface area (Å²) >= 11 is 0. The first-order valence-electron chi connectivity index (χ1n) is 15.7. The number of hydrogen-bond acceptors (Lipinski definition) is 7. The van der Waals surface area contributed by atoms with Gasteiger partial charge in [0.05, 0.1) is 25.9 Å². The molecule has 0 radical (unpaired) electrons. The summed E-state index contributed by atoms with van der Waals surface area (Å²) in [6.45, 7) is 7.77. The number of ether oxygens (including phenoxy) is 3. The fraction of sp³-hybridized carbons (Fsp3) is 0.389. The molecule has 3 aliphatic heterocycles. The lowest BCUT2D eigenvalue weighted by atomic mass is 9.98. The van der Waals surface area contributed by atoms with E-state index >= 15 is 0 Å². The van der Waals surface area contributed by atoms with Crippen molar-refractivity contribution in [2.75, 3.05) is 21.3 Å². The van der Waals surface area contributed by atoms with E-state index in [1.165, 1.54) is 14.2 Å². The predicted molar refractivity (Wildman–Crippen MR) is 177 cm³/mol. The Labute approximate surface area is 274 Å². The maximum atomic E-state index is 13.2. The zero-order valence-electron chi connectivity index (χ0n) is 28.0. The first-order valence-corrected chi connectivity index (χ1v) is 15.7. The highest BCUT2D eigenvalue weighted by Gasteiger charge is 2.31. The Morgan fingerprint density at radius 3 is 1.79 bits per heavy atom. The van der Waals surface area contributed by atoms with Crippen molar-refractivity contribution in [2.45, 2.75) is 72.3 Å². The normalized spacial score (nSPS) is 20.8. The molecule has 0 spiro atoms. The van der Waals surface area contributed by atoms with Gasteiger partial charge in [0.1, 0.15) is 0 Å². The number of rotatable bonds is 7. The van der Waals surface area contributed by atoms with Gasteiger partial charge in [-0.25, -0.2) is 0 Å². The van der Waals surface area contributed by atoms with Crippen LogP contribution in [0, 0.1) is 13.8 Å². The van der Waals surface area contributed by atoms with Crippen LogP contribution in [-0.2, 0) is 52.7 Å². The van der Waals surface area contributed by atoms with E-state index in [9.17, 15) is 19.2 Å². The van der Waals surface area contributed by atoms with Gasteiger partial charge < -0.3 is 34.8 Å². The zero-order valence-corrected chi connectivity index (χ0v) is 28.0. The number of fused-ring (bicyclic) bond motifs is 6. The second-order valence-electron chi connectivity index (χ2n) is 12.0. The van der Waals surface area contributed by atoms with E-state index in [1.54, 1.807) is 13.2 Å². The second-order valence-corrected chi connectivity index (χ2v) is 12.0. The van der Waals surface area contributed by atoms with E-state index in [0.29, 0.717) is 48.2 Å². The van der Waals surface area contributed by atoms with Gasteiger partial charge in [0.2, 0.25) is 0 Å². The molecule has 0 saturated carbocycles. The molecule has 0 fully saturated rings. The van der Waals surface area contributed by atoms with Gasteiger partial charge in [0.25, 0.3) is 11.8 Å². The minimum absolute atomic E-state index is 0.199.